The zero-order valence-electron chi connectivity index (χ0n) is 14.1. The second-order valence-electron chi connectivity index (χ2n) is 6.60. The van der Waals surface area contributed by atoms with E-state index in [1.54, 1.807) is 19.2 Å². The number of ether oxygens (including phenoxy) is 1. The summed E-state index contributed by atoms with van der Waals surface area (Å²) in [4.78, 5) is 23.7. The molecular weight excluding hydrogens is 321 g/mol. The standard InChI is InChI=1S/C19H20FN3O2/c1-25-9-8-18(24)23-14-6-7-17(23)15-11-21-19(22-16(15)10-14)12-2-4-13(20)5-3-12/h2-5,11,14,17H,6-10H2,1H3. The number of aromatic nitrogens is 2. The zero-order valence-corrected chi connectivity index (χ0v) is 14.1. The van der Waals surface area contributed by atoms with Crippen LogP contribution in [-0.4, -0.2) is 40.5 Å². The Morgan fingerprint density at radius 3 is 2.88 bits per heavy atom. The third-order valence-electron chi connectivity index (χ3n) is 5.10. The lowest BCUT2D eigenvalue weighted by Crippen LogP contribution is -2.42. The van der Waals surface area contributed by atoms with Crippen LogP contribution in [0.4, 0.5) is 4.39 Å². The van der Waals surface area contributed by atoms with E-state index in [9.17, 15) is 9.18 Å². The minimum absolute atomic E-state index is 0.0698. The average Bonchev–Trinajstić information content (AvgIpc) is 2.95. The summed E-state index contributed by atoms with van der Waals surface area (Å²) in [7, 11) is 1.61. The molecule has 2 atom stereocenters. The number of hydrogen-bond acceptors (Lipinski definition) is 4. The van der Waals surface area contributed by atoms with Crippen LogP contribution in [0, 0.1) is 5.82 Å². The van der Waals surface area contributed by atoms with Crippen molar-refractivity contribution in [3.05, 3.63) is 47.5 Å². The lowest BCUT2D eigenvalue weighted by atomic mass is 9.98. The lowest BCUT2D eigenvalue weighted by molar-refractivity contribution is -0.135. The predicted molar refractivity (Wildman–Crippen MR) is 90.2 cm³/mol. The molecule has 0 spiro atoms. The molecule has 130 valence electrons. The minimum Gasteiger partial charge on any atom is -0.384 e. The first kappa shape index (κ1) is 16.1. The van der Waals surface area contributed by atoms with Gasteiger partial charge in [-0.15, -0.1) is 0 Å². The highest BCUT2D eigenvalue weighted by Crippen LogP contribution is 2.43. The van der Waals surface area contributed by atoms with Crippen LogP contribution in [0.5, 0.6) is 0 Å². The third-order valence-corrected chi connectivity index (χ3v) is 5.10. The van der Waals surface area contributed by atoms with Crippen molar-refractivity contribution in [2.45, 2.75) is 37.8 Å². The summed E-state index contributed by atoms with van der Waals surface area (Å²) >= 11 is 0. The van der Waals surface area contributed by atoms with E-state index in [1.165, 1.54) is 12.1 Å². The largest absolute Gasteiger partial charge is 0.384 e. The van der Waals surface area contributed by atoms with Gasteiger partial charge in [-0.3, -0.25) is 4.79 Å². The molecule has 2 aliphatic rings. The summed E-state index contributed by atoms with van der Waals surface area (Å²) < 4.78 is 18.1. The van der Waals surface area contributed by atoms with Gasteiger partial charge in [-0.2, -0.15) is 0 Å². The quantitative estimate of drug-likeness (QED) is 0.858. The molecule has 2 aliphatic heterocycles. The van der Waals surface area contributed by atoms with Crippen molar-refractivity contribution in [1.82, 2.24) is 14.9 Å². The summed E-state index contributed by atoms with van der Waals surface area (Å²) in [6.07, 6.45) is 4.94. The van der Waals surface area contributed by atoms with E-state index in [-0.39, 0.29) is 23.8 Å². The number of fused-ring (bicyclic) bond motifs is 4. The van der Waals surface area contributed by atoms with E-state index in [1.807, 2.05) is 11.1 Å². The summed E-state index contributed by atoms with van der Waals surface area (Å²) in [6, 6.07) is 6.48. The molecule has 1 aromatic heterocycles. The van der Waals surface area contributed by atoms with Crippen molar-refractivity contribution in [3.8, 4) is 11.4 Å². The van der Waals surface area contributed by atoms with Gasteiger partial charge >= 0.3 is 0 Å². The van der Waals surface area contributed by atoms with E-state index in [2.05, 4.69) is 4.98 Å². The molecule has 1 fully saturated rings. The number of hydrogen-bond donors (Lipinski definition) is 0. The van der Waals surface area contributed by atoms with Gasteiger partial charge in [0.1, 0.15) is 5.82 Å². The van der Waals surface area contributed by atoms with Crippen LogP contribution in [0.3, 0.4) is 0 Å². The smallest absolute Gasteiger partial charge is 0.225 e. The number of amides is 1. The summed E-state index contributed by atoms with van der Waals surface area (Å²) in [6.45, 7) is 0.446. The van der Waals surface area contributed by atoms with Gasteiger partial charge in [0, 0.05) is 36.9 Å². The lowest BCUT2D eigenvalue weighted by Gasteiger charge is -2.35. The molecule has 0 aliphatic carbocycles. The molecule has 0 radical (unpaired) electrons. The van der Waals surface area contributed by atoms with Crippen LogP contribution >= 0.6 is 0 Å². The Morgan fingerprint density at radius 2 is 2.12 bits per heavy atom. The predicted octanol–water partition coefficient (Wildman–Crippen LogP) is 2.91. The Labute approximate surface area is 145 Å². The molecule has 1 aromatic carbocycles. The van der Waals surface area contributed by atoms with Crippen LogP contribution in [0.1, 0.15) is 36.6 Å². The highest BCUT2D eigenvalue weighted by molar-refractivity contribution is 5.78. The van der Waals surface area contributed by atoms with Gasteiger partial charge < -0.3 is 9.64 Å². The van der Waals surface area contributed by atoms with E-state index >= 15 is 0 Å². The maximum Gasteiger partial charge on any atom is 0.225 e. The number of halogens is 1. The summed E-state index contributed by atoms with van der Waals surface area (Å²) in [5, 5.41) is 0. The van der Waals surface area contributed by atoms with Crippen LogP contribution in [0.15, 0.2) is 30.5 Å². The molecule has 4 rings (SSSR count). The molecule has 0 saturated carbocycles. The van der Waals surface area contributed by atoms with Crippen molar-refractivity contribution < 1.29 is 13.9 Å². The van der Waals surface area contributed by atoms with Gasteiger partial charge in [0.15, 0.2) is 5.82 Å². The molecular formula is C19H20FN3O2. The van der Waals surface area contributed by atoms with Gasteiger partial charge in [0.2, 0.25) is 5.91 Å². The summed E-state index contributed by atoms with van der Waals surface area (Å²) in [5.41, 5.74) is 2.86. The number of rotatable bonds is 4. The highest BCUT2D eigenvalue weighted by atomic mass is 19.1. The van der Waals surface area contributed by atoms with Crippen molar-refractivity contribution >= 4 is 5.91 Å². The topological polar surface area (TPSA) is 55.3 Å². The Balaban J connectivity index is 1.62. The number of benzene rings is 1. The number of methoxy groups -OCH3 is 1. The molecule has 2 unspecified atom stereocenters. The first-order valence-corrected chi connectivity index (χ1v) is 8.59. The van der Waals surface area contributed by atoms with E-state index < -0.39 is 0 Å². The molecule has 1 amide bonds. The molecule has 25 heavy (non-hydrogen) atoms. The number of carbonyl (C=O) groups excluding carboxylic acids is 1. The fraction of sp³-hybridized carbons (Fsp3) is 0.421. The Hall–Kier alpha value is -2.34. The Bertz CT molecular complexity index is 794. The van der Waals surface area contributed by atoms with Crippen molar-refractivity contribution in [2.24, 2.45) is 0 Å². The van der Waals surface area contributed by atoms with Crippen LogP contribution < -0.4 is 0 Å². The molecule has 0 N–H and O–H groups in total. The molecule has 1 saturated heterocycles. The van der Waals surface area contributed by atoms with Crippen molar-refractivity contribution in [3.63, 3.8) is 0 Å². The maximum absolute atomic E-state index is 13.1. The monoisotopic (exact) mass is 341 g/mol. The molecule has 2 aromatic rings. The number of nitrogens with zero attached hydrogens (tertiary/aromatic N) is 3. The van der Waals surface area contributed by atoms with Crippen molar-refractivity contribution in [1.29, 1.82) is 0 Å². The molecule has 3 heterocycles. The van der Waals surface area contributed by atoms with E-state index in [0.29, 0.717) is 18.9 Å². The molecule has 5 nitrogen and oxygen atoms in total. The van der Waals surface area contributed by atoms with Crippen LogP contribution in [-0.2, 0) is 16.0 Å². The van der Waals surface area contributed by atoms with Gasteiger partial charge in [-0.25, -0.2) is 14.4 Å². The highest BCUT2D eigenvalue weighted by Gasteiger charge is 2.43. The average molecular weight is 341 g/mol. The second-order valence-corrected chi connectivity index (χ2v) is 6.60. The second kappa shape index (κ2) is 6.52. The van der Waals surface area contributed by atoms with Crippen molar-refractivity contribution in [2.75, 3.05) is 13.7 Å². The Kier molecular flexibility index (Phi) is 4.21. The van der Waals surface area contributed by atoms with Gasteiger partial charge in [0.25, 0.3) is 0 Å². The maximum atomic E-state index is 13.1. The minimum atomic E-state index is -0.273. The van der Waals surface area contributed by atoms with Gasteiger partial charge in [-0.05, 0) is 37.1 Å². The Morgan fingerprint density at radius 1 is 1.32 bits per heavy atom. The fourth-order valence-electron chi connectivity index (χ4n) is 3.91. The number of carbonyl (C=O) groups is 1. The van der Waals surface area contributed by atoms with Crippen LogP contribution in [0.25, 0.3) is 11.4 Å². The SMILES string of the molecule is COCCC(=O)N1C2CCC1c1cnc(-c3ccc(F)cc3)nc1C2. The van der Waals surface area contributed by atoms with Gasteiger partial charge in [0.05, 0.1) is 24.8 Å². The van der Waals surface area contributed by atoms with E-state index in [4.69, 9.17) is 9.72 Å². The van der Waals surface area contributed by atoms with E-state index in [0.717, 1.165) is 36.1 Å². The molecule has 6 heteroatoms. The normalized spacial score (nSPS) is 21.3. The fourth-order valence-corrected chi connectivity index (χ4v) is 3.91. The van der Waals surface area contributed by atoms with Gasteiger partial charge in [-0.1, -0.05) is 0 Å². The zero-order chi connectivity index (χ0) is 17.4. The summed E-state index contributed by atoms with van der Waals surface area (Å²) in [5.74, 6) is 0.477. The first-order valence-electron chi connectivity index (χ1n) is 8.59. The molecule has 2 bridgehead atoms. The van der Waals surface area contributed by atoms with Crippen LogP contribution in [0.2, 0.25) is 0 Å². The third kappa shape index (κ3) is 2.91. The first-order chi connectivity index (χ1) is 12.2.